The second-order valence-corrected chi connectivity index (χ2v) is 5.79. The van der Waals surface area contributed by atoms with Gasteiger partial charge in [0.15, 0.2) is 0 Å². The van der Waals surface area contributed by atoms with Gasteiger partial charge in [0.1, 0.15) is 0 Å². The molecule has 3 aromatic rings. The van der Waals surface area contributed by atoms with Crippen LogP contribution in [0.15, 0.2) is 30.3 Å². The second kappa shape index (κ2) is 3.09. The number of hydrogen-bond donors (Lipinski definition) is 0. The Morgan fingerprint density at radius 3 is 2.87 bits per heavy atom. The molecule has 0 atom stereocenters. The first-order valence-corrected chi connectivity index (χ1v) is 6.44. The molecule has 0 radical (unpaired) electrons. The molecule has 2 nitrogen and oxygen atoms in total. The van der Waals surface area contributed by atoms with Crippen molar-refractivity contribution >= 4 is 41.5 Å². The van der Waals surface area contributed by atoms with Crippen molar-refractivity contribution < 1.29 is 4.79 Å². The molecule has 0 bridgehead atoms. The Balaban J connectivity index is 2.57. The molecule has 0 N–H and O–H groups in total. The van der Waals surface area contributed by atoms with E-state index in [1.807, 2.05) is 12.1 Å². The number of aryl methyl sites for hydroxylation is 1. The summed E-state index contributed by atoms with van der Waals surface area (Å²) in [5, 5.41) is 2.50. The van der Waals surface area contributed by atoms with Crippen LogP contribution in [0.3, 0.4) is 0 Å². The summed E-state index contributed by atoms with van der Waals surface area (Å²) in [6.45, 7) is 0. The van der Waals surface area contributed by atoms with Crippen LogP contribution in [0.25, 0.3) is 20.7 Å². The summed E-state index contributed by atoms with van der Waals surface area (Å²) in [6, 6.07) is 10.4. The van der Waals surface area contributed by atoms with Gasteiger partial charge in [0.2, 0.25) is 0 Å². The van der Waals surface area contributed by atoms with Crippen molar-refractivity contribution in [1.29, 1.82) is 0 Å². The SMILES string of the molecule is Cn1c2ccccc2c2cc(C=O)[se]c21. The number of aromatic nitrogens is 1. The number of benzene rings is 1. The van der Waals surface area contributed by atoms with Crippen molar-refractivity contribution in [1.82, 2.24) is 4.57 Å². The zero-order valence-electron chi connectivity index (χ0n) is 8.23. The van der Waals surface area contributed by atoms with E-state index < -0.39 is 0 Å². The Kier molecular flexibility index (Phi) is 1.84. The van der Waals surface area contributed by atoms with Gasteiger partial charge >= 0.3 is 92.6 Å². The van der Waals surface area contributed by atoms with Gasteiger partial charge in [-0.1, -0.05) is 0 Å². The fourth-order valence-corrected chi connectivity index (χ4v) is 4.02. The minimum atomic E-state index is 0.185. The van der Waals surface area contributed by atoms with Crippen molar-refractivity contribution in [3.05, 3.63) is 34.8 Å². The zero-order chi connectivity index (χ0) is 10.4. The van der Waals surface area contributed by atoms with E-state index in [1.165, 1.54) is 20.7 Å². The number of hydrogen-bond acceptors (Lipinski definition) is 1. The molecule has 0 saturated carbocycles. The Morgan fingerprint density at radius 1 is 1.27 bits per heavy atom. The molecule has 0 amide bonds. The summed E-state index contributed by atoms with van der Waals surface area (Å²) < 4.78 is 4.46. The van der Waals surface area contributed by atoms with Crippen molar-refractivity contribution in [2.24, 2.45) is 7.05 Å². The monoisotopic (exact) mass is 263 g/mol. The van der Waals surface area contributed by atoms with Crippen LogP contribution in [0.5, 0.6) is 0 Å². The van der Waals surface area contributed by atoms with Crippen LogP contribution in [0.4, 0.5) is 0 Å². The van der Waals surface area contributed by atoms with E-state index in [9.17, 15) is 4.79 Å². The average Bonchev–Trinajstić information content (AvgIpc) is 2.80. The first kappa shape index (κ1) is 8.95. The molecule has 3 heteroatoms. The molecular formula is C12H9NOSe. The summed E-state index contributed by atoms with van der Waals surface area (Å²) in [6.07, 6.45) is 0.981. The third kappa shape index (κ3) is 1.14. The summed E-state index contributed by atoms with van der Waals surface area (Å²) in [5.74, 6) is 0. The third-order valence-corrected chi connectivity index (χ3v) is 5.09. The first-order chi connectivity index (χ1) is 7.31. The van der Waals surface area contributed by atoms with E-state index >= 15 is 0 Å². The number of rotatable bonds is 1. The van der Waals surface area contributed by atoms with E-state index in [4.69, 9.17) is 0 Å². The van der Waals surface area contributed by atoms with Gasteiger partial charge in [-0.25, -0.2) is 0 Å². The van der Waals surface area contributed by atoms with Crippen LogP contribution in [0, 0.1) is 0 Å². The molecule has 0 unspecified atom stereocenters. The summed E-state index contributed by atoms with van der Waals surface area (Å²) >= 11 is 0.185. The maximum atomic E-state index is 10.8. The van der Waals surface area contributed by atoms with Gasteiger partial charge in [-0.05, 0) is 0 Å². The van der Waals surface area contributed by atoms with Gasteiger partial charge in [-0.15, -0.1) is 0 Å². The predicted molar refractivity (Wildman–Crippen MR) is 62.8 cm³/mol. The molecule has 2 heterocycles. The van der Waals surface area contributed by atoms with Crippen LogP contribution in [-0.4, -0.2) is 25.4 Å². The third-order valence-electron chi connectivity index (χ3n) is 2.71. The van der Waals surface area contributed by atoms with E-state index in [0.29, 0.717) is 0 Å². The number of aldehydes is 1. The molecule has 0 aliphatic rings. The predicted octanol–water partition coefficient (Wildman–Crippen LogP) is 2.20. The molecule has 0 aliphatic carbocycles. The molecule has 0 fully saturated rings. The fraction of sp³-hybridized carbons (Fsp3) is 0.0833. The Hall–Kier alpha value is -1.31. The fourth-order valence-electron chi connectivity index (χ4n) is 2.00. The average molecular weight is 262 g/mol. The molecule has 1 aromatic carbocycles. The van der Waals surface area contributed by atoms with E-state index in [0.717, 1.165) is 10.7 Å². The van der Waals surface area contributed by atoms with Crippen molar-refractivity contribution in [3.63, 3.8) is 0 Å². The van der Waals surface area contributed by atoms with Crippen LogP contribution in [0.2, 0.25) is 0 Å². The molecule has 0 saturated heterocycles. The first-order valence-electron chi connectivity index (χ1n) is 4.73. The van der Waals surface area contributed by atoms with Crippen LogP contribution >= 0.6 is 0 Å². The second-order valence-electron chi connectivity index (χ2n) is 3.56. The van der Waals surface area contributed by atoms with Gasteiger partial charge in [-0.3, -0.25) is 0 Å². The molecule has 74 valence electrons. The van der Waals surface area contributed by atoms with Crippen molar-refractivity contribution in [2.75, 3.05) is 0 Å². The summed E-state index contributed by atoms with van der Waals surface area (Å²) in [5.41, 5.74) is 1.26. The van der Waals surface area contributed by atoms with Gasteiger partial charge in [0.05, 0.1) is 0 Å². The Labute approximate surface area is 92.9 Å². The molecular weight excluding hydrogens is 253 g/mol. The number of carbonyl (C=O) groups is 1. The Morgan fingerprint density at radius 2 is 2.07 bits per heavy atom. The van der Waals surface area contributed by atoms with Gasteiger partial charge in [0.25, 0.3) is 0 Å². The van der Waals surface area contributed by atoms with Crippen molar-refractivity contribution in [3.8, 4) is 0 Å². The van der Waals surface area contributed by atoms with E-state index in [-0.39, 0.29) is 14.5 Å². The van der Waals surface area contributed by atoms with Crippen LogP contribution in [0.1, 0.15) is 9.23 Å². The normalized spacial score (nSPS) is 11.3. The molecule has 2 aromatic heterocycles. The topological polar surface area (TPSA) is 22.0 Å². The Bertz CT molecular complexity index is 663. The minimum absolute atomic E-state index is 0.185. The maximum absolute atomic E-state index is 10.8. The van der Waals surface area contributed by atoms with Gasteiger partial charge < -0.3 is 0 Å². The van der Waals surface area contributed by atoms with E-state index in [2.05, 4.69) is 29.8 Å². The standard InChI is InChI=1S/C12H9NOSe/c1-13-11-5-3-2-4-9(11)10-6-8(7-14)15-12(10)13/h2-7H,1H3. The van der Waals surface area contributed by atoms with Crippen LogP contribution in [-0.2, 0) is 7.05 Å². The number of fused-ring (bicyclic) bond motifs is 3. The number of para-hydroxylation sites is 1. The molecule has 3 rings (SSSR count). The number of nitrogens with zero attached hydrogens (tertiary/aromatic N) is 1. The molecule has 15 heavy (non-hydrogen) atoms. The molecule has 0 aliphatic heterocycles. The molecule has 0 spiro atoms. The van der Waals surface area contributed by atoms with Gasteiger partial charge in [-0.2, -0.15) is 0 Å². The zero-order valence-corrected chi connectivity index (χ0v) is 9.94. The summed E-state index contributed by atoms with van der Waals surface area (Å²) in [4.78, 5) is 10.8. The quantitative estimate of drug-likeness (QED) is 0.487. The van der Waals surface area contributed by atoms with Crippen molar-refractivity contribution in [2.45, 2.75) is 0 Å². The summed E-state index contributed by atoms with van der Waals surface area (Å²) in [7, 11) is 2.07. The van der Waals surface area contributed by atoms with E-state index in [1.54, 1.807) is 0 Å². The van der Waals surface area contributed by atoms with Gasteiger partial charge in [0, 0.05) is 0 Å². The number of carbonyl (C=O) groups excluding carboxylic acids is 1. The van der Waals surface area contributed by atoms with Crippen LogP contribution < -0.4 is 0 Å².